The zero-order valence-electron chi connectivity index (χ0n) is 11.5. The molecular weight excluding hydrogens is 241 g/mol. The summed E-state index contributed by atoms with van der Waals surface area (Å²) in [6.45, 7) is 1.71. The molecule has 2 unspecified atom stereocenters. The van der Waals surface area contributed by atoms with Crippen molar-refractivity contribution in [2.75, 3.05) is 7.05 Å². The molecule has 0 aliphatic carbocycles. The molecule has 2 aliphatic rings. The fraction of sp³-hybridized carbons (Fsp3) is 0.562. The third-order valence-corrected chi connectivity index (χ3v) is 4.91. The highest BCUT2D eigenvalue weighted by Gasteiger charge is 2.40. The molecule has 19 heavy (non-hydrogen) atoms. The Morgan fingerprint density at radius 1 is 1.26 bits per heavy atom. The largest absolute Gasteiger partial charge is 0.300 e. The van der Waals surface area contributed by atoms with Gasteiger partial charge in [-0.2, -0.15) is 0 Å². The van der Waals surface area contributed by atoms with E-state index in [0.717, 1.165) is 12.8 Å². The number of carbonyl (C=O) groups is 1. The first kappa shape index (κ1) is 12.8. The maximum absolute atomic E-state index is 13.3. The number of piperidine rings is 1. The molecule has 2 nitrogen and oxygen atoms in total. The number of hydrogen-bond acceptors (Lipinski definition) is 2. The van der Waals surface area contributed by atoms with Gasteiger partial charge in [-0.3, -0.25) is 4.79 Å². The molecule has 2 saturated heterocycles. The van der Waals surface area contributed by atoms with Crippen LogP contribution in [0.2, 0.25) is 0 Å². The smallest absolute Gasteiger partial charge is 0.166 e. The highest BCUT2D eigenvalue weighted by atomic mass is 19.1. The molecule has 0 spiro atoms. The van der Waals surface area contributed by atoms with Crippen LogP contribution < -0.4 is 0 Å². The standard InChI is InChI=1S/C16H20FNO/c1-10-7-11(3-6-15(10)17)16(19)12-8-13-4-5-14(9-12)18(13)2/h3,6-7,12-14H,4-5,8-9H2,1-2H3. The Balaban J connectivity index is 1.79. The van der Waals surface area contributed by atoms with Gasteiger partial charge in [-0.25, -0.2) is 4.39 Å². The van der Waals surface area contributed by atoms with E-state index < -0.39 is 0 Å². The Morgan fingerprint density at radius 2 is 1.89 bits per heavy atom. The van der Waals surface area contributed by atoms with Gasteiger partial charge in [-0.1, -0.05) is 0 Å². The van der Waals surface area contributed by atoms with Gasteiger partial charge in [-0.05, 0) is 63.4 Å². The van der Waals surface area contributed by atoms with E-state index in [1.165, 1.54) is 18.9 Å². The predicted molar refractivity (Wildman–Crippen MR) is 72.8 cm³/mol. The molecular formula is C16H20FNO. The van der Waals surface area contributed by atoms with Crippen molar-refractivity contribution >= 4 is 5.78 Å². The van der Waals surface area contributed by atoms with E-state index in [2.05, 4.69) is 11.9 Å². The molecule has 1 aromatic rings. The number of aryl methyl sites for hydroxylation is 1. The number of carbonyl (C=O) groups excluding carboxylic acids is 1. The average Bonchev–Trinajstić information content (AvgIpc) is 2.64. The van der Waals surface area contributed by atoms with Crippen LogP contribution in [0.15, 0.2) is 18.2 Å². The summed E-state index contributed by atoms with van der Waals surface area (Å²) in [5.74, 6) is 0.0895. The van der Waals surface area contributed by atoms with Crippen molar-refractivity contribution in [3.8, 4) is 0 Å². The number of ketones is 1. The summed E-state index contributed by atoms with van der Waals surface area (Å²) in [4.78, 5) is 15.0. The van der Waals surface area contributed by atoms with E-state index in [4.69, 9.17) is 0 Å². The number of halogens is 1. The minimum absolute atomic E-state index is 0.124. The number of benzene rings is 1. The van der Waals surface area contributed by atoms with Crippen LogP contribution in [0.1, 0.15) is 41.6 Å². The molecule has 0 radical (unpaired) electrons. The fourth-order valence-corrected chi connectivity index (χ4v) is 3.66. The summed E-state index contributed by atoms with van der Waals surface area (Å²) in [6, 6.07) is 5.86. The quantitative estimate of drug-likeness (QED) is 0.762. The van der Waals surface area contributed by atoms with Crippen LogP contribution in [-0.4, -0.2) is 29.8 Å². The molecule has 2 atom stereocenters. The highest BCUT2D eigenvalue weighted by Crippen LogP contribution is 2.38. The highest BCUT2D eigenvalue weighted by molar-refractivity contribution is 5.98. The van der Waals surface area contributed by atoms with Gasteiger partial charge in [0, 0.05) is 23.6 Å². The van der Waals surface area contributed by atoms with Gasteiger partial charge in [0.05, 0.1) is 0 Å². The van der Waals surface area contributed by atoms with E-state index in [9.17, 15) is 9.18 Å². The minimum atomic E-state index is -0.236. The summed E-state index contributed by atoms with van der Waals surface area (Å²) < 4.78 is 13.3. The molecule has 2 bridgehead atoms. The summed E-state index contributed by atoms with van der Waals surface area (Å²) in [5.41, 5.74) is 1.23. The lowest BCUT2D eigenvalue weighted by atomic mass is 9.85. The number of Topliss-reactive ketones (excluding diaryl/α,β-unsaturated/α-hetero) is 1. The molecule has 0 aromatic heterocycles. The van der Waals surface area contributed by atoms with Crippen molar-refractivity contribution in [1.29, 1.82) is 0 Å². The van der Waals surface area contributed by atoms with Crippen LogP contribution in [-0.2, 0) is 0 Å². The fourth-order valence-electron chi connectivity index (χ4n) is 3.66. The number of nitrogens with zero attached hydrogens (tertiary/aromatic N) is 1. The summed E-state index contributed by atoms with van der Waals surface area (Å²) in [7, 11) is 2.17. The first-order valence-corrected chi connectivity index (χ1v) is 7.08. The van der Waals surface area contributed by atoms with E-state index in [0.29, 0.717) is 23.2 Å². The van der Waals surface area contributed by atoms with Crippen molar-refractivity contribution < 1.29 is 9.18 Å². The van der Waals surface area contributed by atoms with E-state index in [-0.39, 0.29) is 17.5 Å². The van der Waals surface area contributed by atoms with E-state index in [1.807, 2.05) is 0 Å². The normalized spacial score (nSPS) is 30.6. The second-order valence-corrected chi connectivity index (χ2v) is 6.05. The molecule has 102 valence electrons. The molecule has 3 rings (SSSR count). The summed E-state index contributed by atoms with van der Waals surface area (Å²) in [5, 5.41) is 0. The van der Waals surface area contributed by atoms with Crippen molar-refractivity contribution in [2.24, 2.45) is 5.92 Å². The molecule has 2 heterocycles. The molecule has 0 N–H and O–H groups in total. The predicted octanol–water partition coefficient (Wildman–Crippen LogP) is 3.19. The molecule has 0 amide bonds. The van der Waals surface area contributed by atoms with Crippen molar-refractivity contribution in [1.82, 2.24) is 4.90 Å². The van der Waals surface area contributed by atoms with E-state index in [1.54, 1.807) is 19.1 Å². The molecule has 3 heteroatoms. The lowest BCUT2D eigenvalue weighted by Gasteiger charge is -2.35. The molecule has 2 fully saturated rings. The van der Waals surface area contributed by atoms with Crippen LogP contribution in [0.3, 0.4) is 0 Å². The van der Waals surface area contributed by atoms with Gasteiger partial charge in [0.15, 0.2) is 5.78 Å². The topological polar surface area (TPSA) is 20.3 Å². The third-order valence-electron chi connectivity index (χ3n) is 4.91. The number of fused-ring (bicyclic) bond motifs is 2. The van der Waals surface area contributed by atoms with Gasteiger partial charge >= 0.3 is 0 Å². The summed E-state index contributed by atoms with van der Waals surface area (Å²) >= 11 is 0. The first-order valence-electron chi connectivity index (χ1n) is 7.08. The minimum Gasteiger partial charge on any atom is -0.300 e. The van der Waals surface area contributed by atoms with Crippen molar-refractivity contribution in [2.45, 2.75) is 44.7 Å². The Morgan fingerprint density at radius 3 is 2.47 bits per heavy atom. The number of rotatable bonds is 2. The van der Waals surface area contributed by atoms with Gasteiger partial charge in [0.25, 0.3) is 0 Å². The van der Waals surface area contributed by atoms with Crippen LogP contribution in [0.5, 0.6) is 0 Å². The zero-order chi connectivity index (χ0) is 13.6. The second kappa shape index (κ2) is 4.71. The second-order valence-electron chi connectivity index (χ2n) is 6.05. The molecule has 2 aliphatic heterocycles. The monoisotopic (exact) mass is 261 g/mol. The molecule has 1 aromatic carbocycles. The Kier molecular flexibility index (Phi) is 3.17. The summed E-state index contributed by atoms with van der Waals surface area (Å²) in [6.07, 6.45) is 4.35. The van der Waals surface area contributed by atoms with Crippen LogP contribution in [0, 0.1) is 18.7 Å². The van der Waals surface area contributed by atoms with Gasteiger partial charge in [0.1, 0.15) is 5.82 Å². The maximum atomic E-state index is 13.3. The Bertz CT molecular complexity index is 499. The lowest BCUT2D eigenvalue weighted by molar-refractivity contribution is 0.0767. The van der Waals surface area contributed by atoms with Gasteiger partial charge < -0.3 is 4.90 Å². The Hall–Kier alpha value is -1.22. The Labute approximate surface area is 113 Å². The van der Waals surface area contributed by atoms with Crippen molar-refractivity contribution in [3.63, 3.8) is 0 Å². The molecule has 0 saturated carbocycles. The maximum Gasteiger partial charge on any atom is 0.166 e. The van der Waals surface area contributed by atoms with Gasteiger partial charge in [-0.15, -0.1) is 0 Å². The van der Waals surface area contributed by atoms with Crippen LogP contribution in [0.4, 0.5) is 4.39 Å². The van der Waals surface area contributed by atoms with Gasteiger partial charge in [0.2, 0.25) is 0 Å². The van der Waals surface area contributed by atoms with Crippen molar-refractivity contribution in [3.05, 3.63) is 35.1 Å². The van der Waals surface area contributed by atoms with Crippen LogP contribution >= 0.6 is 0 Å². The van der Waals surface area contributed by atoms with Crippen LogP contribution in [0.25, 0.3) is 0 Å². The third kappa shape index (κ3) is 2.20. The zero-order valence-corrected chi connectivity index (χ0v) is 11.5. The lowest BCUT2D eigenvalue weighted by Crippen LogP contribution is -2.42. The SMILES string of the molecule is Cc1cc(C(=O)C2CC3CCC(C2)N3C)ccc1F. The van der Waals surface area contributed by atoms with E-state index >= 15 is 0 Å². The number of hydrogen-bond donors (Lipinski definition) is 0. The first-order chi connectivity index (χ1) is 9.06. The average molecular weight is 261 g/mol.